The quantitative estimate of drug-likeness (QED) is 0.504. The first-order valence-electron chi connectivity index (χ1n) is 8.81. The second-order valence-corrected chi connectivity index (χ2v) is 9.08. The van der Waals surface area contributed by atoms with Crippen LogP contribution >= 0.6 is 39.0 Å². The maximum atomic E-state index is 12.6. The third-order valence-electron chi connectivity index (χ3n) is 4.36. The summed E-state index contributed by atoms with van der Waals surface area (Å²) >= 11 is 6.54. The van der Waals surface area contributed by atoms with E-state index in [9.17, 15) is 10.1 Å². The molecular weight excluding hydrogens is 456 g/mol. The van der Waals surface area contributed by atoms with Crippen molar-refractivity contribution in [2.45, 2.75) is 25.5 Å². The highest BCUT2D eigenvalue weighted by Gasteiger charge is 2.39. The molecule has 0 amide bonds. The van der Waals surface area contributed by atoms with E-state index in [1.54, 1.807) is 30.0 Å². The predicted octanol–water partition coefficient (Wildman–Crippen LogP) is 5.92. The predicted molar refractivity (Wildman–Crippen MR) is 118 cm³/mol. The Bertz CT molecular complexity index is 944. The van der Waals surface area contributed by atoms with Gasteiger partial charge >= 0.3 is 5.97 Å². The smallest absolute Gasteiger partial charge is 0.336 e. The van der Waals surface area contributed by atoms with Crippen LogP contribution in [0.5, 0.6) is 0 Å². The van der Waals surface area contributed by atoms with E-state index in [0.29, 0.717) is 23.6 Å². The van der Waals surface area contributed by atoms with Gasteiger partial charge in [0.05, 0.1) is 23.3 Å². The van der Waals surface area contributed by atoms with Gasteiger partial charge in [-0.15, -0.1) is 23.1 Å². The van der Waals surface area contributed by atoms with Gasteiger partial charge in [0.25, 0.3) is 0 Å². The normalized spacial score (nSPS) is 19.1. The van der Waals surface area contributed by atoms with Crippen molar-refractivity contribution in [2.75, 3.05) is 6.61 Å². The van der Waals surface area contributed by atoms with Gasteiger partial charge in [0.2, 0.25) is 0 Å². The van der Waals surface area contributed by atoms with Gasteiger partial charge in [-0.05, 0) is 43.0 Å². The summed E-state index contributed by atoms with van der Waals surface area (Å²) in [5.41, 5.74) is 2.27. The summed E-state index contributed by atoms with van der Waals surface area (Å²) in [7, 11) is 0. The summed E-state index contributed by atoms with van der Waals surface area (Å²) in [6, 6.07) is 14.4. The summed E-state index contributed by atoms with van der Waals surface area (Å²) in [6.07, 6.45) is 0. The number of benzene rings is 1. The minimum absolute atomic E-state index is 0.291. The lowest BCUT2D eigenvalue weighted by molar-refractivity contribution is -0.139. The van der Waals surface area contributed by atoms with Crippen LogP contribution in [0.1, 0.15) is 30.2 Å². The molecule has 2 heterocycles. The maximum absolute atomic E-state index is 12.6. The molecule has 1 aliphatic rings. The molecule has 7 heteroatoms. The van der Waals surface area contributed by atoms with Crippen LogP contribution in [-0.4, -0.2) is 17.6 Å². The van der Waals surface area contributed by atoms with Crippen LogP contribution in [0, 0.1) is 17.2 Å². The third kappa shape index (κ3) is 4.57. The summed E-state index contributed by atoms with van der Waals surface area (Å²) in [5, 5.41) is 12.7. The molecule has 0 unspecified atom stereocenters. The Labute approximate surface area is 181 Å². The molecule has 3 rings (SSSR count). The second-order valence-electron chi connectivity index (χ2n) is 6.18. The van der Waals surface area contributed by atoms with Crippen LogP contribution in [0.15, 0.2) is 62.5 Å². The summed E-state index contributed by atoms with van der Waals surface area (Å²) in [5.74, 6) is -0.542. The number of carbonyl (C=O) groups excluding carboxylic acids is 1. The summed E-state index contributed by atoms with van der Waals surface area (Å²) in [6.45, 7) is 3.89. The third-order valence-corrected chi connectivity index (χ3v) is 6.96. The van der Waals surface area contributed by atoms with Crippen molar-refractivity contribution in [3.63, 3.8) is 0 Å². The highest BCUT2D eigenvalue weighted by atomic mass is 79.9. The van der Waals surface area contributed by atoms with Gasteiger partial charge in [0.1, 0.15) is 5.92 Å². The average molecular weight is 475 g/mol. The van der Waals surface area contributed by atoms with Crippen molar-refractivity contribution in [1.29, 1.82) is 5.26 Å². The molecule has 0 spiro atoms. The molecule has 0 bridgehead atoms. The first-order valence-corrected chi connectivity index (χ1v) is 11.5. The van der Waals surface area contributed by atoms with E-state index in [0.717, 1.165) is 20.0 Å². The number of carbonyl (C=O) groups is 1. The zero-order valence-corrected chi connectivity index (χ0v) is 18.7. The number of halogens is 1. The molecular formula is C21H19BrN2O2S2. The van der Waals surface area contributed by atoms with E-state index in [-0.39, 0.29) is 11.9 Å². The largest absolute Gasteiger partial charge is 0.463 e. The molecule has 0 radical (unpaired) electrons. The van der Waals surface area contributed by atoms with E-state index in [1.807, 2.05) is 48.7 Å². The molecule has 2 aromatic rings. The lowest BCUT2D eigenvalue weighted by atomic mass is 9.83. The van der Waals surface area contributed by atoms with Crippen LogP contribution in [-0.2, 0) is 15.3 Å². The van der Waals surface area contributed by atoms with Crippen molar-refractivity contribution in [3.05, 3.63) is 68.0 Å². The number of ether oxygens (including phenoxy) is 1. The first kappa shape index (κ1) is 20.8. The molecule has 28 heavy (non-hydrogen) atoms. The Kier molecular flexibility index (Phi) is 7.11. The van der Waals surface area contributed by atoms with Gasteiger partial charge in [-0.25, -0.2) is 9.79 Å². The standard InChI is InChI=1S/C21H19BrN2O2S2/c1-3-26-21(25)18-13(2)24-20(28-12-14-6-8-15(22)9-7-14)16(11-23)19(18)17-5-4-10-27-17/h4-10,16,19H,3,12H2,1-2H3/t16-,19-/m0/s1. The maximum Gasteiger partial charge on any atom is 0.336 e. The van der Waals surface area contributed by atoms with Gasteiger partial charge in [-0.3, -0.25) is 0 Å². The number of thioether (sulfide) groups is 1. The lowest BCUT2D eigenvalue weighted by Crippen LogP contribution is -2.29. The van der Waals surface area contributed by atoms with Crippen LogP contribution in [0.3, 0.4) is 0 Å². The van der Waals surface area contributed by atoms with Gasteiger partial charge in [-0.1, -0.05) is 34.1 Å². The molecule has 0 saturated heterocycles. The summed E-state index contributed by atoms with van der Waals surface area (Å²) < 4.78 is 6.30. The number of aliphatic imine (C=N–C) groups is 1. The Morgan fingerprint density at radius 3 is 2.71 bits per heavy atom. The van der Waals surface area contributed by atoms with Crippen molar-refractivity contribution in [2.24, 2.45) is 10.9 Å². The lowest BCUT2D eigenvalue weighted by Gasteiger charge is -2.28. The molecule has 0 fully saturated rings. The zero-order chi connectivity index (χ0) is 20.1. The van der Waals surface area contributed by atoms with Gasteiger partial charge in [-0.2, -0.15) is 5.26 Å². The number of allylic oxidation sites excluding steroid dienone is 1. The van der Waals surface area contributed by atoms with E-state index in [4.69, 9.17) is 4.74 Å². The van der Waals surface area contributed by atoms with Crippen LogP contribution in [0.25, 0.3) is 0 Å². The Morgan fingerprint density at radius 1 is 1.36 bits per heavy atom. The van der Waals surface area contributed by atoms with Gasteiger partial charge in [0, 0.05) is 26.7 Å². The molecule has 1 aromatic carbocycles. The molecule has 1 aromatic heterocycles. The fourth-order valence-electron chi connectivity index (χ4n) is 3.08. The molecule has 0 N–H and O–H groups in total. The number of thiophene rings is 1. The molecule has 144 valence electrons. The zero-order valence-electron chi connectivity index (χ0n) is 15.5. The fourth-order valence-corrected chi connectivity index (χ4v) is 5.29. The van der Waals surface area contributed by atoms with Crippen molar-refractivity contribution in [1.82, 2.24) is 0 Å². The van der Waals surface area contributed by atoms with Crippen LogP contribution < -0.4 is 0 Å². The molecule has 1 aliphatic heterocycles. The van der Waals surface area contributed by atoms with Crippen molar-refractivity contribution < 1.29 is 9.53 Å². The summed E-state index contributed by atoms with van der Waals surface area (Å²) in [4.78, 5) is 18.2. The fraction of sp³-hybridized carbons (Fsp3) is 0.286. The minimum Gasteiger partial charge on any atom is -0.463 e. The Morgan fingerprint density at radius 2 is 2.11 bits per heavy atom. The van der Waals surface area contributed by atoms with Gasteiger partial charge in [0.15, 0.2) is 0 Å². The van der Waals surface area contributed by atoms with E-state index < -0.39 is 5.92 Å². The topological polar surface area (TPSA) is 62.4 Å². The molecule has 0 saturated carbocycles. The minimum atomic E-state index is -0.512. The van der Waals surface area contributed by atoms with Crippen LogP contribution in [0.4, 0.5) is 0 Å². The van der Waals surface area contributed by atoms with Crippen LogP contribution in [0.2, 0.25) is 0 Å². The number of nitrogens with zero attached hydrogens (tertiary/aromatic N) is 2. The number of esters is 1. The number of hydrogen-bond acceptors (Lipinski definition) is 6. The van der Waals surface area contributed by atoms with E-state index in [1.165, 1.54) is 0 Å². The second kappa shape index (κ2) is 9.55. The molecule has 4 nitrogen and oxygen atoms in total. The number of nitriles is 1. The number of hydrogen-bond donors (Lipinski definition) is 0. The van der Waals surface area contributed by atoms with E-state index in [2.05, 4.69) is 27.0 Å². The highest BCUT2D eigenvalue weighted by Crippen LogP contribution is 2.43. The van der Waals surface area contributed by atoms with Crippen molar-refractivity contribution >= 4 is 50.0 Å². The molecule has 2 atom stereocenters. The Balaban J connectivity index is 1.95. The highest BCUT2D eigenvalue weighted by molar-refractivity contribution is 9.10. The SMILES string of the molecule is CCOC(=O)C1=C(C)N=C(SCc2ccc(Br)cc2)[C@@H](C#N)[C@H]1c1cccs1. The Hall–Kier alpha value is -1.88. The average Bonchev–Trinajstić information content (AvgIpc) is 3.21. The van der Waals surface area contributed by atoms with E-state index >= 15 is 0 Å². The van der Waals surface area contributed by atoms with Crippen molar-refractivity contribution in [3.8, 4) is 6.07 Å². The monoisotopic (exact) mass is 474 g/mol. The molecule has 0 aliphatic carbocycles. The number of rotatable bonds is 5. The first-order chi connectivity index (χ1) is 13.5. The van der Waals surface area contributed by atoms with Gasteiger partial charge < -0.3 is 4.74 Å².